The average Bonchev–Trinajstić information content (AvgIpc) is 3.27. The topological polar surface area (TPSA) is 114 Å². The van der Waals surface area contributed by atoms with Gasteiger partial charge in [0, 0.05) is 23.4 Å². The van der Waals surface area contributed by atoms with Gasteiger partial charge in [-0.1, -0.05) is 18.2 Å². The Balaban J connectivity index is 1.67. The number of thiophene rings is 1. The Morgan fingerprint density at radius 1 is 1.00 bits per heavy atom. The molecule has 0 radical (unpaired) electrons. The number of carbonyl (C=O) groups excluding carboxylic acids is 2. The Morgan fingerprint density at radius 2 is 1.76 bits per heavy atom. The minimum atomic E-state index is -0.534. The summed E-state index contributed by atoms with van der Waals surface area (Å²) in [5, 5.41) is 19.4. The van der Waals surface area contributed by atoms with E-state index in [0.29, 0.717) is 16.3 Å². The van der Waals surface area contributed by atoms with E-state index in [9.17, 15) is 19.7 Å². The molecule has 8 nitrogen and oxygen atoms in total. The fourth-order valence-corrected chi connectivity index (χ4v) is 3.04. The van der Waals surface area contributed by atoms with Crippen molar-refractivity contribution in [1.29, 1.82) is 0 Å². The Bertz CT molecular complexity index is 1080. The maximum Gasteiger partial charge on any atom is 0.271 e. The second kappa shape index (κ2) is 8.89. The van der Waals surface area contributed by atoms with Crippen LogP contribution >= 0.6 is 11.3 Å². The minimum absolute atomic E-state index is 0.0948. The van der Waals surface area contributed by atoms with E-state index in [2.05, 4.69) is 15.8 Å². The van der Waals surface area contributed by atoms with Gasteiger partial charge >= 0.3 is 0 Å². The van der Waals surface area contributed by atoms with Gasteiger partial charge in [-0.3, -0.25) is 19.7 Å². The van der Waals surface area contributed by atoms with Crippen LogP contribution < -0.4 is 10.7 Å². The summed E-state index contributed by atoms with van der Waals surface area (Å²) in [6.07, 6.45) is 0. The van der Waals surface area contributed by atoms with Crippen LogP contribution in [0.4, 0.5) is 11.4 Å². The lowest BCUT2D eigenvalue weighted by Crippen LogP contribution is -2.19. The van der Waals surface area contributed by atoms with Gasteiger partial charge in [0.15, 0.2) is 0 Å². The number of rotatable bonds is 6. The van der Waals surface area contributed by atoms with E-state index in [4.69, 9.17) is 0 Å². The summed E-state index contributed by atoms with van der Waals surface area (Å²) >= 11 is 1.35. The van der Waals surface area contributed by atoms with Crippen LogP contribution in [0.5, 0.6) is 0 Å². The number of amides is 2. The molecule has 29 heavy (non-hydrogen) atoms. The first kappa shape index (κ1) is 19.9. The SMILES string of the molecule is C/C(=N\NC(=O)c1ccc([N+](=O)[O-])cc1)c1cccc(NC(=O)c2cccs2)c1. The molecule has 0 spiro atoms. The Labute approximate surface area is 170 Å². The third-order valence-electron chi connectivity index (χ3n) is 3.95. The molecule has 0 saturated carbocycles. The maximum absolute atomic E-state index is 12.2. The zero-order valence-corrected chi connectivity index (χ0v) is 16.1. The summed E-state index contributed by atoms with van der Waals surface area (Å²) in [6.45, 7) is 1.72. The van der Waals surface area contributed by atoms with Crippen molar-refractivity contribution in [2.24, 2.45) is 5.10 Å². The highest BCUT2D eigenvalue weighted by Gasteiger charge is 2.10. The number of benzene rings is 2. The van der Waals surface area contributed by atoms with Crippen LogP contribution in [0.1, 0.15) is 32.5 Å². The number of anilines is 1. The van der Waals surface area contributed by atoms with Crippen LogP contribution in [-0.4, -0.2) is 22.4 Å². The molecule has 2 N–H and O–H groups in total. The molecule has 2 aromatic carbocycles. The summed E-state index contributed by atoms with van der Waals surface area (Å²) in [7, 11) is 0. The first-order chi connectivity index (χ1) is 13.9. The fraction of sp³-hybridized carbons (Fsp3) is 0.0500. The zero-order valence-electron chi connectivity index (χ0n) is 15.3. The minimum Gasteiger partial charge on any atom is -0.321 e. The molecule has 146 valence electrons. The third kappa shape index (κ3) is 5.11. The van der Waals surface area contributed by atoms with Crippen LogP contribution in [0, 0.1) is 10.1 Å². The second-order valence-electron chi connectivity index (χ2n) is 5.95. The van der Waals surface area contributed by atoms with E-state index in [-0.39, 0.29) is 17.2 Å². The number of carbonyl (C=O) groups is 2. The number of nitrogens with one attached hydrogen (secondary N) is 2. The largest absolute Gasteiger partial charge is 0.321 e. The molecule has 0 saturated heterocycles. The van der Waals surface area contributed by atoms with Crippen LogP contribution in [-0.2, 0) is 0 Å². The molecule has 0 aliphatic rings. The summed E-state index contributed by atoms with van der Waals surface area (Å²) in [5.74, 6) is -0.681. The normalized spacial score (nSPS) is 11.0. The van der Waals surface area contributed by atoms with Gasteiger partial charge in [0.2, 0.25) is 0 Å². The summed E-state index contributed by atoms with van der Waals surface area (Å²) in [5.41, 5.74) is 4.44. The molecular formula is C20H16N4O4S. The highest BCUT2D eigenvalue weighted by Crippen LogP contribution is 2.16. The van der Waals surface area contributed by atoms with Gasteiger partial charge in [-0.25, -0.2) is 5.43 Å². The highest BCUT2D eigenvalue weighted by atomic mass is 32.1. The molecule has 0 atom stereocenters. The molecule has 9 heteroatoms. The van der Waals surface area contributed by atoms with Crippen LogP contribution in [0.15, 0.2) is 71.1 Å². The van der Waals surface area contributed by atoms with E-state index in [0.717, 1.165) is 5.56 Å². The summed E-state index contributed by atoms with van der Waals surface area (Å²) in [6, 6.07) is 15.9. The van der Waals surface area contributed by atoms with Crippen molar-refractivity contribution < 1.29 is 14.5 Å². The van der Waals surface area contributed by atoms with E-state index >= 15 is 0 Å². The number of hydrogen-bond acceptors (Lipinski definition) is 6. The number of hydrogen-bond donors (Lipinski definition) is 2. The van der Waals surface area contributed by atoms with Gasteiger partial charge in [-0.2, -0.15) is 5.10 Å². The van der Waals surface area contributed by atoms with Gasteiger partial charge < -0.3 is 5.32 Å². The Hall–Kier alpha value is -3.85. The van der Waals surface area contributed by atoms with Crippen molar-refractivity contribution in [2.75, 3.05) is 5.32 Å². The maximum atomic E-state index is 12.2. The quantitative estimate of drug-likeness (QED) is 0.364. The van der Waals surface area contributed by atoms with Crippen molar-refractivity contribution in [3.8, 4) is 0 Å². The molecule has 0 bridgehead atoms. The first-order valence-corrected chi connectivity index (χ1v) is 9.36. The van der Waals surface area contributed by atoms with Crippen molar-refractivity contribution in [1.82, 2.24) is 5.43 Å². The fourth-order valence-electron chi connectivity index (χ4n) is 2.42. The molecule has 3 rings (SSSR count). The van der Waals surface area contributed by atoms with E-state index in [1.165, 1.54) is 35.6 Å². The Kier molecular flexibility index (Phi) is 6.10. The molecule has 1 aromatic heterocycles. The summed E-state index contributed by atoms with van der Waals surface area (Å²) < 4.78 is 0. The molecule has 0 aliphatic heterocycles. The molecular weight excluding hydrogens is 392 g/mol. The van der Waals surface area contributed by atoms with E-state index in [1.54, 1.807) is 43.3 Å². The Morgan fingerprint density at radius 3 is 2.41 bits per heavy atom. The molecule has 0 aliphatic carbocycles. The molecule has 0 unspecified atom stereocenters. The zero-order chi connectivity index (χ0) is 20.8. The number of nitro groups is 1. The van der Waals surface area contributed by atoms with Gasteiger partial charge in [-0.05, 0) is 48.2 Å². The lowest BCUT2D eigenvalue weighted by molar-refractivity contribution is -0.384. The van der Waals surface area contributed by atoms with Gasteiger partial charge in [-0.15, -0.1) is 11.3 Å². The standard InChI is InChI=1S/C20H16N4O4S/c1-13(22-23-19(25)14-7-9-17(10-8-14)24(27)28)15-4-2-5-16(12-15)21-20(26)18-6-3-11-29-18/h2-12H,1H3,(H,21,26)(H,23,25)/b22-13+. The number of nitro benzene ring substituents is 1. The van der Waals surface area contributed by atoms with Gasteiger partial charge in [0.1, 0.15) is 0 Å². The van der Waals surface area contributed by atoms with Crippen LogP contribution in [0.25, 0.3) is 0 Å². The van der Waals surface area contributed by atoms with E-state index in [1.807, 2.05) is 5.38 Å². The number of non-ortho nitro benzene ring substituents is 1. The van der Waals surface area contributed by atoms with Gasteiger partial charge in [0.25, 0.3) is 17.5 Å². The lowest BCUT2D eigenvalue weighted by atomic mass is 10.1. The average molecular weight is 408 g/mol. The molecule has 0 fully saturated rings. The van der Waals surface area contributed by atoms with Crippen molar-refractivity contribution in [2.45, 2.75) is 6.92 Å². The van der Waals surface area contributed by atoms with Crippen molar-refractivity contribution in [3.63, 3.8) is 0 Å². The van der Waals surface area contributed by atoms with E-state index < -0.39 is 10.8 Å². The molecule has 1 heterocycles. The number of hydrazone groups is 1. The third-order valence-corrected chi connectivity index (χ3v) is 4.82. The molecule has 2 amide bonds. The lowest BCUT2D eigenvalue weighted by Gasteiger charge is -2.07. The monoisotopic (exact) mass is 408 g/mol. The smallest absolute Gasteiger partial charge is 0.271 e. The van der Waals surface area contributed by atoms with Gasteiger partial charge in [0.05, 0.1) is 15.5 Å². The summed E-state index contributed by atoms with van der Waals surface area (Å²) in [4.78, 5) is 35.1. The highest BCUT2D eigenvalue weighted by molar-refractivity contribution is 7.12. The predicted molar refractivity (Wildman–Crippen MR) is 111 cm³/mol. The first-order valence-electron chi connectivity index (χ1n) is 8.48. The van der Waals surface area contributed by atoms with Crippen LogP contribution in [0.3, 0.4) is 0 Å². The van der Waals surface area contributed by atoms with Crippen molar-refractivity contribution in [3.05, 3.63) is 92.2 Å². The van der Waals surface area contributed by atoms with Crippen molar-refractivity contribution >= 4 is 40.2 Å². The van der Waals surface area contributed by atoms with Crippen LogP contribution in [0.2, 0.25) is 0 Å². The second-order valence-corrected chi connectivity index (χ2v) is 6.90. The number of nitrogens with zero attached hydrogens (tertiary/aromatic N) is 2. The molecule has 3 aromatic rings. The predicted octanol–water partition coefficient (Wildman–Crippen LogP) is 4.06.